The standard InChI is InChI=1S/C25H32N2O2/c1-3-4-7-27-22-8-16(2)5-6-20(22)23(28)21(24(27)29)15-26-25-12-17-9-18(13-25)11-19(10-17)14-25/h5-6,8,15,17-19,28H,3-4,7,9-14H2,1-2H3. The second kappa shape index (κ2) is 7.00. The molecule has 4 saturated carbocycles. The Labute approximate surface area is 172 Å². The maximum absolute atomic E-state index is 13.3. The van der Waals surface area contributed by atoms with Gasteiger partial charge in [-0.1, -0.05) is 19.4 Å². The van der Waals surface area contributed by atoms with E-state index in [2.05, 4.69) is 6.92 Å². The summed E-state index contributed by atoms with van der Waals surface area (Å²) in [4.78, 5) is 18.4. The normalized spacial score (nSPS) is 30.6. The molecule has 1 aromatic heterocycles. The van der Waals surface area contributed by atoms with Gasteiger partial charge in [-0.3, -0.25) is 9.79 Å². The average Bonchev–Trinajstić information content (AvgIpc) is 2.66. The van der Waals surface area contributed by atoms with Gasteiger partial charge in [0.2, 0.25) is 0 Å². The Hall–Kier alpha value is -2.10. The van der Waals surface area contributed by atoms with Crippen LogP contribution in [-0.2, 0) is 6.54 Å². The van der Waals surface area contributed by atoms with Crippen molar-refractivity contribution in [2.45, 2.75) is 77.3 Å². The van der Waals surface area contributed by atoms with E-state index in [1.54, 1.807) is 6.21 Å². The number of pyridine rings is 1. The maximum Gasteiger partial charge on any atom is 0.263 e. The monoisotopic (exact) mass is 392 g/mol. The molecule has 29 heavy (non-hydrogen) atoms. The van der Waals surface area contributed by atoms with Gasteiger partial charge in [-0.25, -0.2) is 0 Å². The van der Waals surface area contributed by atoms with E-state index >= 15 is 0 Å². The lowest BCUT2D eigenvalue weighted by atomic mass is 9.53. The fourth-order valence-corrected chi connectivity index (χ4v) is 6.65. The zero-order chi connectivity index (χ0) is 20.2. The van der Waals surface area contributed by atoms with Crippen LogP contribution in [0.4, 0.5) is 0 Å². The number of fused-ring (bicyclic) bond motifs is 1. The van der Waals surface area contributed by atoms with Crippen molar-refractivity contribution < 1.29 is 5.11 Å². The van der Waals surface area contributed by atoms with Gasteiger partial charge < -0.3 is 9.67 Å². The molecule has 0 spiro atoms. The molecule has 154 valence electrons. The van der Waals surface area contributed by atoms with Gasteiger partial charge >= 0.3 is 0 Å². The molecule has 1 aromatic carbocycles. The Kier molecular flexibility index (Phi) is 4.56. The van der Waals surface area contributed by atoms with Crippen LogP contribution in [0.5, 0.6) is 5.75 Å². The summed E-state index contributed by atoms with van der Waals surface area (Å²) in [5.41, 5.74) is 2.18. The molecule has 4 aliphatic rings. The van der Waals surface area contributed by atoms with Gasteiger partial charge in [0, 0.05) is 18.1 Å². The van der Waals surface area contributed by atoms with Crippen LogP contribution >= 0.6 is 0 Å². The van der Waals surface area contributed by atoms with Crippen molar-refractivity contribution in [2.75, 3.05) is 0 Å². The van der Waals surface area contributed by atoms with Crippen LogP contribution in [0.15, 0.2) is 28.0 Å². The molecule has 1 heterocycles. The third-order valence-corrected chi connectivity index (χ3v) is 7.64. The zero-order valence-electron chi connectivity index (χ0n) is 17.7. The molecule has 0 aliphatic heterocycles. The second-order valence-corrected chi connectivity index (χ2v) is 9.99. The molecular formula is C25H32N2O2. The number of aromatic hydroxyl groups is 1. The van der Waals surface area contributed by atoms with E-state index in [1.165, 1.54) is 19.3 Å². The highest BCUT2D eigenvalue weighted by Gasteiger charge is 2.50. The highest BCUT2D eigenvalue weighted by Crippen LogP contribution is 2.57. The summed E-state index contributed by atoms with van der Waals surface area (Å²) in [6, 6.07) is 5.94. The molecule has 2 aromatic rings. The number of hydrogen-bond acceptors (Lipinski definition) is 3. The lowest BCUT2D eigenvalue weighted by Gasteiger charge is -2.54. The quantitative estimate of drug-likeness (QED) is 0.711. The lowest BCUT2D eigenvalue weighted by molar-refractivity contribution is 0.00194. The molecular weight excluding hydrogens is 360 g/mol. The van der Waals surface area contributed by atoms with Crippen molar-refractivity contribution >= 4 is 17.1 Å². The molecule has 4 heteroatoms. The first-order valence-electron chi connectivity index (χ1n) is 11.4. The largest absolute Gasteiger partial charge is 0.506 e. The Bertz CT molecular complexity index is 998. The smallest absolute Gasteiger partial charge is 0.263 e. The summed E-state index contributed by atoms with van der Waals surface area (Å²) < 4.78 is 1.84. The van der Waals surface area contributed by atoms with E-state index < -0.39 is 0 Å². The number of rotatable bonds is 5. The fourth-order valence-electron chi connectivity index (χ4n) is 6.65. The predicted octanol–water partition coefficient (Wildman–Crippen LogP) is 5.20. The first-order chi connectivity index (χ1) is 14.0. The van der Waals surface area contributed by atoms with E-state index in [1.807, 2.05) is 29.7 Å². The first-order valence-corrected chi connectivity index (χ1v) is 11.4. The Morgan fingerprint density at radius 2 is 1.83 bits per heavy atom. The first kappa shape index (κ1) is 18.9. The molecule has 0 unspecified atom stereocenters. The third kappa shape index (κ3) is 3.21. The van der Waals surface area contributed by atoms with Crippen molar-refractivity contribution in [1.29, 1.82) is 0 Å². The van der Waals surface area contributed by atoms with Gasteiger partial charge in [-0.15, -0.1) is 0 Å². The van der Waals surface area contributed by atoms with Crippen molar-refractivity contribution in [1.82, 2.24) is 4.57 Å². The van der Waals surface area contributed by atoms with Crippen LogP contribution in [0.3, 0.4) is 0 Å². The highest BCUT2D eigenvalue weighted by atomic mass is 16.3. The third-order valence-electron chi connectivity index (χ3n) is 7.64. The minimum Gasteiger partial charge on any atom is -0.506 e. The summed E-state index contributed by atoms with van der Waals surface area (Å²) in [6.45, 7) is 4.83. The minimum absolute atomic E-state index is 0.00408. The summed E-state index contributed by atoms with van der Waals surface area (Å²) in [5.74, 6) is 2.53. The summed E-state index contributed by atoms with van der Waals surface area (Å²) >= 11 is 0. The molecule has 0 radical (unpaired) electrons. The predicted molar refractivity (Wildman–Crippen MR) is 118 cm³/mol. The van der Waals surface area contributed by atoms with Gasteiger partial charge in [0.1, 0.15) is 11.3 Å². The van der Waals surface area contributed by atoms with E-state index in [9.17, 15) is 9.90 Å². The molecule has 6 rings (SSSR count). The lowest BCUT2D eigenvalue weighted by Crippen LogP contribution is -2.49. The van der Waals surface area contributed by atoms with Crippen LogP contribution in [0.2, 0.25) is 0 Å². The summed E-state index contributed by atoms with van der Waals surface area (Å²) in [5, 5.41) is 11.7. The van der Waals surface area contributed by atoms with Crippen molar-refractivity contribution in [3.05, 3.63) is 39.7 Å². The van der Waals surface area contributed by atoms with Crippen molar-refractivity contribution in [2.24, 2.45) is 22.7 Å². The molecule has 4 bridgehead atoms. The number of nitrogens with zero attached hydrogens (tertiary/aromatic N) is 2. The van der Waals surface area contributed by atoms with Gasteiger partial charge in [0.05, 0.1) is 11.1 Å². The summed E-state index contributed by atoms with van der Waals surface area (Å²) in [6.07, 6.45) is 11.3. The number of hydrogen-bond donors (Lipinski definition) is 1. The van der Waals surface area contributed by atoms with Crippen LogP contribution in [0.1, 0.15) is 69.4 Å². The average molecular weight is 393 g/mol. The molecule has 0 atom stereocenters. The highest BCUT2D eigenvalue weighted by molar-refractivity contribution is 5.95. The van der Waals surface area contributed by atoms with Gasteiger partial charge in [0.15, 0.2) is 0 Å². The van der Waals surface area contributed by atoms with Crippen molar-refractivity contribution in [3.8, 4) is 5.75 Å². The number of aryl methyl sites for hydroxylation is 2. The fraction of sp³-hybridized carbons (Fsp3) is 0.600. The molecule has 0 saturated heterocycles. The van der Waals surface area contributed by atoms with E-state index in [-0.39, 0.29) is 16.8 Å². The number of aromatic nitrogens is 1. The van der Waals surface area contributed by atoms with Gasteiger partial charge in [-0.2, -0.15) is 0 Å². The Morgan fingerprint density at radius 1 is 1.17 bits per heavy atom. The molecule has 1 N–H and O–H groups in total. The molecule has 4 aliphatic carbocycles. The minimum atomic E-state index is -0.109. The number of unbranched alkanes of at least 4 members (excludes halogenated alkanes) is 1. The molecule has 4 fully saturated rings. The number of aliphatic imine (C=N–C) groups is 1. The topological polar surface area (TPSA) is 54.6 Å². The van der Waals surface area contributed by atoms with Gasteiger partial charge in [-0.05, 0) is 87.3 Å². The zero-order valence-corrected chi connectivity index (χ0v) is 17.7. The van der Waals surface area contributed by atoms with E-state index in [0.29, 0.717) is 12.1 Å². The SMILES string of the molecule is CCCCn1c(=O)c(C=NC23CC4CC(CC(C4)C2)C3)c(O)c2ccc(C)cc21. The van der Waals surface area contributed by atoms with Crippen LogP contribution in [0.25, 0.3) is 10.9 Å². The molecule has 4 nitrogen and oxygen atoms in total. The summed E-state index contributed by atoms with van der Waals surface area (Å²) in [7, 11) is 0. The van der Waals surface area contributed by atoms with Crippen LogP contribution < -0.4 is 5.56 Å². The second-order valence-electron chi connectivity index (χ2n) is 9.99. The van der Waals surface area contributed by atoms with E-state index in [4.69, 9.17) is 4.99 Å². The molecule has 0 amide bonds. The Balaban J connectivity index is 1.59. The van der Waals surface area contributed by atoms with Crippen LogP contribution in [-0.4, -0.2) is 21.4 Å². The van der Waals surface area contributed by atoms with E-state index in [0.717, 1.165) is 66.3 Å². The number of benzene rings is 1. The van der Waals surface area contributed by atoms with Gasteiger partial charge in [0.25, 0.3) is 5.56 Å². The maximum atomic E-state index is 13.3. The Morgan fingerprint density at radius 3 is 2.45 bits per heavy atom. The van der Waals surface area contributed by atoms with Crippen LogP contribution in [0, 0.1) is 24.7 Å². The van der Waals surface area contributed by atoms with Crippen molar-refractivity contribution in [3.63, 3.8) is 0 Å².